The molecular weight excluding hydrogens is 384 g/mol. The lowest BCUT2D eigenvalue weighted by atomic mass is 10.1. The number of benzene rings is 2. The Labute approximate surface area is 177 Å². The average molecular weight is 412 g/mol. The van der Waals surface area contributed by atoms with E-state index in [0.717, 1.165) is 30.1 Å². The van der Waals surface area contributed by atoms with Gasteiger partial charge >= 0.3 is 0 Å². The maximum atomic E-state index is 12.7. The van der Waals surface area contributed by atoms with Crippen LogP contribution in [-0.4, -0.2) is 65.4 Å². The van der Waals surface area contributed by atoms with E-state index < -0.39 is 0 Å². The normalized spacial score (nSPS) is 14.0. The van der Waals surface area contributed by atoms with Crippen molar-refractivity contribution >= 4 is 17.7 Å². The number of ether oxygens (including phenoxy) is 4. The van der Waals surface area contributed by atoms with Crippen molar-refractivity contribution in [3.63, 3.8) is 0 Å². The van der Waals surface area contributed by atoms with Crippen molar-refractivity contribution in [3.05, 3.63) is 48.0 Å². The molecule has 0 N–H and O–H groups in total. The fraction of sp³-hybridized carbons (Fsp3) is 0.348. The quantitative estimate of drug-likeness (QED) is 0.652. The molecule has 30 heavy (non-hydrogen) atoms. The Bertz CT molecular complexity index is 879. The van der Waals surface area contributed by atoms with Crippen LogP contribution in [0.4, 0.5) is 5.69 Å². The van der Waals surface area contributed by atoms with Gasteiger partial charge in [0.2, 0.25) is 11.7 Å². The third-order valence-corrected chi connectivity index (χ3v) is 5.12. The molecule has 7 heteroatoms. The lowest BCUT2D eigenvalue weighted by molar-refractivity contribution is -0.126. The topological polar surface area (TPSA) is 60.5 Å². The Hall–Kier alpha value is -3.35. The van der Waals surface area contributed by atoms with Crippen molar-refractivity contribution in [1.29, 1.82) is 0 Å². The van der Waals surface area contributed by atoms with Crippen LogP contribution < -0.4 is 23.8 Å². The maximum absolute atomic E-state index is 12.7. The van der Waals surface area contributed by atoms with Gasteiger partial charge in [0, 0.05) is 44.0 Å². The molecular formula is C23H28N2O5. The highest BCUT2D eigenvalue weighted by molar-refractivity contribution is 5.92. The minimum atomic E-state index is -0.0194. The molecule has 2 aromatic rings. The molecule has 0 unspecified atom stereocenters. The fourth-order valence-electron chi connectivity index (χ4n) is 3.46. The second-order valence-corrected chi connectivity index (χ2v) is 6.81. The first-order chi connectivity index (χ1) is 14.6. The molecule has 0 atom stereocenters. The highest BCUT2D eigenvalue weighted by Gasteiger charge is 2.20. The molecule has 0 radical (unpaired) electrons. The SMILES string of the molecule is COc1cccc(N2CCN(C(=O)/C=C/c3cc(OC)c(OC)c(OC)c3)CC2)c1. The lowest BCUT2D eigenvalue weighted by Gasteiger charge is -2.35. The minimum absolute atomic E-state index is 0.0194. The first kappa shape index (κ1) is 21.4. The van der Waals surface area contributed by atoms with Crippen LogP contribution in [0.15, 0.2) is 42.5 Å². The van der Waals surface area contributed by atoms with Crippen LogP contribution in [0.1, 0.15) is 5.56 Å². The van der Waals surface area contributed by atoms with E-state index in [1.54, 1.807) is 40.6 Å². The summed E-state index contributed by atoms with van der Waals surface area (Å²) in [5.74, 6) is 2.44. The van der Waals surface area contributed by atoms with Crippen molar-refractivity contribution in [1.82, 2.24) is 4.90 Å². The molecule has 0 aliphatic carbocycles. The molecule has 1 amide bonds. The van der Waals surface area contributed by atoms with Gasteiger partial charge in [0.15, 0.2) is 11.5 Å². The van der Waals surface area contributed by atoms with Crippen molar-refractivity contribution in [3.8, 4) is 23.0 Å². The number of carbonyl (C=O) groups is 1. The number of anilines is 1. The van der Waals surface area contributed by atoms with Gasteiger partial charge in [-0.1, -0.05) is 6.07 Å². The third-order valence-electron chi connectivity index (χ3n) is 5.12. The van der Waals surface area contributed by atoms with E-state index in [1.807, 2.05) is 35.2 Å². The summed E-state index contributed by atoms with van der Waals surface area (Å²) in [5, 5.41) is 0. The van der Waals surface area contributed by atoms with Gasteiger partial charge in [-0.2, -0.15) is 0 Å². The number of piperazine rings is 1. The van der Waals surface area contributed by atoms with E-state index >= 15 is 0 Å². The first-order valence-corrected chi connectivity index (χ1v) is 9.75. The molecule has 0 saturated carbocycles. The van der Waals surface area contributed by atoms with Gasteiger partial charge in [-0.05, 0) is 35.9 Å². The summed E-state index contributed by atoms with van der Waals surface area (Å²) in [6, 6.07) is 11.6. The van der Waals surface area contributed by atoms with Gasteiger partial charge in [0.25, 0.3) is 0 Å². The molecule has 3 rings (SSSR count). The number of amides is 1. The number of hydrogen-bond donors (Lipinski definition) is 0. The highest BCUT2D eigenvalue weighted by atomic mass is 16.5. The molecule has 0 aromatic heterocycles. The largest absolute Gasteiger partial charge is 0.497 e. The van der Waals surface area contributed by atoms with Crippen LogP contribution in [0, 0.1) is 0 Å². The Morgan fingerprint density at radius 3 is 2.10 bits per heavy atom. The zero-order chi connectivity index (χ0) is 21.5. The zero-order valence-corrected chi connectivity index (χ0v) is 17.9. The summed E-state index contributed by atoms with van der Waals surface area (Å²) in [5.41, 5.74) is 1.90. The molecule has 1 saturated heterocycles. The van der Waals surface area contributed by atoms with Crippen molar-refractivity contribution < 1.29 is 23.7 Å². The number of rotatable bonds is 7. The van der Waals surface area contributed by atoms with Crippen molar-refractivity contribution in [2.45, 2.75) is 0 Å². The molecule has 1 heterocycles. The molecule has 0 spiro atoms. The molecule has 0 bridgehead atoms. The summed E-state index contributed by atoms with van der Waals surface area (Å²) in [6.07, 6.45) is 3.35. The van der Waals surface area contributed by atoms with E-state index in [4.69, 9.17) is 18.9 Å². The van der Waals surface area contributed by atoms with Crippen LogP contribution in [-0.2, 0) is 4.79 Å². The van der Waals surface area contributed by atoms with Gasteiger partial charge in [0.05, 0.1) is 28.4 Å². The van der Waals surface area contributed by atoms with Crippen molar-refractivity contribution in [2.75, 3.05) is 59.5 Å². The monoisotopic (exact) mass is 412 g/mol. The first-order valence-electron chi connectivity index (χ1n) is 9.75. The molecule has 7 nitrogen and oxygen atoms in total. The Morgan fingerprint density at radius 1 is 0.867 bits per heavy atom. The number of methoxy groups -OCH3 is 4. The van der Waals surface area contributed by atoms with Crippen LogP contribution in [0.25, 0.3) is 6.08 Å². The Kier molecular flexibility index (Phi) is 7.06. The predicted molar refractivity (Wildman–Crippen MR) is 117 cm³/mol. The van der Waals surface area contributed by atoms with E-state index in [9.17, 15) is 4.79 Å². The van der Waals surface area contributed by atoms with E-state index in [1.165, 1.54) is 0 Å². The van der Waals surface area contributed by atoms with Gasteiger partial charge in [-0.25, -0.2) is 0 Å². The average Bonchev–Trinajstić information content (AvgIpc) is 2.81. The molecule has 1 aliphatic heterocycles. The molecule has 160 valence electrons. The minimum Gasteiger partial charge on any atom is -0.497 e. The van der Waals surface area contributed by atoms with Gasteiger partial charge in [-0.3, -0.25) is 4.79 Å². The molecule has 1 fully saturated rings. The second kappa shape index (κ2) is 9.91. The predicted octanol–water partition coefficient (Wildman–Crippen LogP) is 3.08. The number of hydrogen-bond acceptors (Lipinski definition) is 6. The van der Waals surface area contributed by atoms with Gasteiger partial charge in [0.1, 0.15) is 5.75 Å². The van der Waals surface area contributed by atoms with Crippen LogP contribution in [0.3, 0.4) is 0 Å². The number of carbonyl (C=O) groups excluding carboxylic acids is 1. The summed E-state index contributed by atoms with van der Waals surface area (Å²) >= 11 is 0. The van der Waals surface area contributed by atoms with Gasteiger partial charge in [-0.15, -0.1) is 0 Å². The standard InChI is InChI=1S/C23H28N2O5/c1-27-19-7-5-6-18(16-19)24-10-12-25(13-11-24)22(26)9-8-17-14-20(28-2)23(30-4)21(15-17)29-3/h5-9,14-16H,10-13H2,1-4H3/b9-8+. The van der Waals surface area contributed by atoms with Crippen LogP contribution in [0.5, 0.6) is 23.0 Å². The molecule has 2 aromatic carbocycles. The number of nitrogens with zero attached hydrogens (tertiary/aromatic N) is 2. The van der Waals surface area contributed by atoms with Gasteiger partial charge < -0.3 is 28.7 Å². The summed E-state index contributed by atoms with van der Waals surface area (Å²) in [6.45, 7) is 2.87. The Balaban J connectivity index is 1.64. The maximum Gasteiger partial charge on any atom is 0.246 e. The zero-order valence-electron chi connectivity index (χ0n) is 17.9. The molecule has 1 aliphatic rings. The Morgan fingerprint density at radius 2 is 1.53 bits per heavy atom. The van der Waals surface area contributed by atoms with Crippen LogP contribution >= 0.6 is 0 Å². The van der Waals surface area contributed by atoms with Crippen molar-refractivity contribution in [2.24, 2.45) is 0 Å². The smallest absolute Gasteiger partial charge is 0.246 e. The van der Waals surface area contributed by atoms with E-state index in [2.05, 4.69) is 11.0 Å². The van der Waals surface area contributed by atoms with Crippen LogP contribution in [0.2, 0.25) is 0 Å². The third kappa shape index (κ3) is 4.79. The lowest BCUT2D eigenvalue weighted by Crippen LogP contribution is -2.48. The highest BCUT2D eigenvalue weighted by Crippen LogP contribution is 2.38. The summed E-state index contributed by atoms with van der Waals surface area (Å²) in [4.78, 5) is 16.8. The summed E-state index contributed by atoms with van der Waals surface area (Å²) in [7, 11) is 6.36. The van der Waals surface area contributed by atoms with E-state index in [-0.39, 0.29) is 5.91 Å². The second-order valence-electron chi connectivity index (χ2n) is 6.81. The summed E-state index contributed by atoms with van der Waals surface area (Å²) < 4.78 is 21.4. The fourth-order valence-corrected chi connectivity index (χ4v) is 3.46. The van der Waals surface area contributed by atoms with E-state index in [0.29, 0.717) is 30.3 Å².